The van der Waals surface area contributed by atoms with Crippen LogP contribution in [0, 0.1) is 12.8 Å². The quantitative estimate of drug-likeness (QED) is 0.466. The van der Waals surface area contributed by atoms with E-state index in [0.29, 0.717) is 0 Å². The third kappa shape index (κ3) is 8.49. The summed E-state index contributed by atoms with van der Waals surface area (Å²) in [4.78, 5) is 11.0. The van der Waals surface area contributed by atoms with E-state index in [1.807, 2.05) is 20.8 Å². The molecule has 0 saturated heterocycles. The van der Waals surface area contributed by atoms with Gasteiger partial charge in [-0.25, -0.2) is 0 Å². The summed E-state index contributed by atoms with van der Waals surface area (Å²) in [6, 6.07) is 5.48. The SMILES string of the molecule is C=CCOC(=O)[C@H](N)[C@H](C)CC.Cc1ccc(S(=O)(=O)O)cc1. The number of nitrogens with two attached hydrogens (primary N) is 1. The summed E-state index contributed by atoms with van der Waals surface area (Å²) in [5.41, 5.74) is 6.56. The Bertz CT molecular complexity index is 595. The highest BCUT2D eigenvalue weighted by molar-refractivity contribution is 7.85. The van der Waals surface area contributed by atoms with Crippen molar-refractivity contribution in [1.29, 1.82) is 0 Å². The summed E-state index contributed by atoms with van der Waals surface area (Å²) in [7, 11) is -4.02. The van der Waals surface area contributed by atoms with Crippen LogP contribution in [0.25, 0.3) is 0 Å². The Labute approximate surface area is 138 Å². The van der Waals surface area contributed by atoms with Crippen molar-refractivity contribution in [1.82, 2.24) is 0 Å². The maximum absolute atomic E-state index is 11.1. The largest absolute Gasteiger partial charge is 0.460 e. The van der Waals surface area contributed by atoms with Crippen LogP contribution in [0.5, 0.6) is 0 Å². The summed E-state index contributed by atoms with van der Waals surface area (Å²) in [5, 5.41) is 0. The fourth-order valence-electron chi connectivity index (χ4n) is 1.43. The highest BCUT2D eigenvalue weighted by Crippen LogP contribution is 2.08. The molecule has 0 heterocycles. The van der Waals surface area contributed by atoms with Crippen LogP contribution in [0.4, 0.5) is 0 Å². The van der Waals surface area contributed by atoms with Gasteiger partial charge in [0.2, 0.25) is 0 Å². The predicted octanol–water partition coefficient (Wildman–Crippen LogP) is 2.33. The molecule has 0 aromatic heterocycles. The van der Waals surface area contributed by atoms with E-state index >= 15 is 0 Å². The summed E-state index contributed by atoms with van der Waals surface area (Å²) in [6.45, 7) is 9.44. The zero-order valence-corrected chi connectivity index (χ0v) is 14.5. The number of hydrogen-bond donors (Lipinski definition) is 2. The minimum atomic E-state index is -4.02. The Kier molecular flexibility index (Phi) is 9.40. The van der Waals surface area contributed by atoms with Crippen molar-refractivity contribution in [3.8, 4) is 0 Å². The van der Waals surface area contributed by atoms with E-state index in [-0.39, 0.29) is 23.4 Å². The van der Waals surface area contributed by atoms with E-state index in [4.69, 9.17) is 15.0 Å². The lowest BCUT2D eigenvalue weighted by atomic mass is 10.0. The highest BCUT2D eigenvalue weighted by atomic mass is 32.2. The van der Waals surface area contributed by atoms with E-state index in [9.17, 15) is 13.2 Å². The molecule has 7 heteroatoms. The summed E-state index contributed by atoms with van der Waals surface area (Å²) in [5.74, 6) is -0.174. The molecule has 0 bridgehead atoms. The third-order valence-corrected chi connectivity index (χ3v) is 4.06. The van der Waals surface area contributed by atoms with Crippen LogP contribution in [0.1, 0.15) is 25.8 Å². The molecule has 130 valence electrons. The lowest BCUT2D eigenvalue weighted by Crippen LogP contribution is -2.38. The van der Waals surface area contributed by atoms with Gasteiger partial charge in [-0.15, -0.1) is 0 Å². The van der Waals surface area contributed by atoms with E-state index in [0.717, 1.165) is 12.0 Å². The first-order valence-corrected chi connectivity index (χ1v) is 8.64. The Morgan fingerprint density at radius 1 is 1.39 bits per heavy atom. The van der Waals surface area contributed by atoms with Gasteiger partial charge in [-0.3, -0.25) is 9.35 Å². The molecule has 0 radical (unpaired) electrons. The molecular weight excluding hydrogens is 318 g/mol. The Morgan fingerprint density at radius 3 is 2.30 bits per heavy atom. The minimum absolute atomic E-state index is 0.0666. The smallest absolute Gasteiger partial charge is 0.323 e. The number of hydrogen-bond acceptors (Lipinski definition) is 5. The number of ether oxygens (including phenoxy) is 1. The summed E-state index contributed by atoms with van der Waals surface area (Å²) >= 11 is 0. The second kappa shape index (κ2) is 10.1. The Morgan fingerprint density at radius 2 is 1.91 bits per heavy atom. The van der Waals surface area contributed by atoms with Gasteiger partial charge >= 0.3 is 5.97 Å². The third-order valence-electron chi connectivity index (χ3n) is 3.19. The van der Waals surface area contributed by atoms with Gasteiger partial charge in [0.25, 0.3) is 10.1 Å². The first-order valence-electron chi connectivity index (χ1n) is 7.20. The van der Waals surface area contributed by atoms with Crippen LogP contribution in [-0.4, -0.2) is 31.6 Å². The predicted molar refractivity (Wildman–Crippen MR) is 89.6 cm³/mol. The van der Waals surface area contributed by atoms with E-state index in [1.54, 1.807) is 12.1 Å². The molecule has 0 aliphatic rings. The van der Waals surface area contributed by atoms with Crippen molar-refractivity contribution in [2.24, 2.45) is 11.7 Å². The second-order valence-electron chi connectivity index (χ2n) is 5.12. The monoisotopic (exact) mass is 343 g/mol. The number of esters is 1. The summed E-state index contributed by atoms with van der Waals surface area (Å²) < 4.78 is 34.3. The minimum Gasteiger partial charge on any atom is -0.460 e. The molecule has 3 N–H and O–H groups in total. The molecule has 23 heavy (non-hydrogen) atoms. The number of aryl methyl sites for hydroxylation is 1. The molecule has 0 amide bonds. The molecule has 2 atom stereocenters. The van der Waals surface area contributed by atoms with Gasteiger partial charge in [-0.05, 0) is 25.0 Å². The molecule has 0 fully saturated rings. The Balaban J connectivity index is 0.000000422. The highest BCUT2D eigenvalue weighted by Gasteiger charge is 2.20. The van der Waals surface area contributed by atoms with Crippen LogP contribution in [-0.2, 0) is 19.6 Å². The zero-order chi connectivity index (χ0) is 18.0. The average Bonchev–Trinajstić information content (AvgIpc) is 2.51. The first kappa shape index (κ1) is 21.3. The van der Waals surface area contributed by atoms with Crippen LogP contribution < -0.4 is 5.73 Å². The van der Waals surface area contributed by atoms with Gasteiger partial charge in [0, 0.05) is 0 Å². The van der Waals surface area contributed by atoms with Crippen molar-refractivity contribution >= 4 is 16.1 Å². The topological polar surface area (TPSA) is 107 Å². The Hall–Kier alpha value is -1.70. The lowest BCUT2D eigenvalue weighted by molar-refractivity contribution is -0.145. The number of benzene rings is 1. The fourth-order valence-corrected chi connectivity index (χ4v) is 1.91. The van der Waals surface area contributed by atoms with Crippen molar-refractivity contribution in [3.63, 3.8) is 0 Å². The van der Waals surface area contributed by atoms with Crippen LogP contribution in [0.3, 0.4) is 0 Å². The van der Waals surface area contributed by atoms with E-state index in [1.165, 1.54) is 18.2 Å². The first-order chi connectivity index (χ1) is 10.6. The maximum atomic E-state index is 11.1. The van der Waals surface area contributed by atoms with Gasteiger partial charge in [-0.2, -0.15) is 8.42 Å². The standard InChI is InChI=1S/C9H17NO2.C7H8O3S/c1-4-6-12-9(11)8(10)7(3)5-2;1-6-2-4-7(5-3-6)11(8,9)10/h4,7-8H,1,5-6,10H2,2-3H3;2-5H,1H3,(H,8,9,10)/t7-,8-;/m1./s1. The van der Waals surface area contributed by atoms with Gasteiger partial charge in [0.15, 0.2) is 0 Å². The van der Waals surface area contributed by atoms with Gasteiger partial charge in [0.1, 0.15) is 12.6 Å². The van der Waals surface area contributed by atoms with Gasteiger partial charge < -0.3 is 10.5 Å². The van der Waals surface area contributed by atoms with Crippen LogP contribution in [0.2, 0.25) is 0 Å². The molecule has 0 saturated carbocycles. The lowest BCUT2D eigenvalue weighted by Gasteiger charge is -2.15. The van der Waals surface area contributed by atoms with Crippen molar-refractivity contribution < 1.29 is 22.5 Å². The number of carbonyl (C=O) groups excluding carboxylic acids is 1. The molecule has 6 nitrogen and oxygen atoms in total. The fraction of sp³-hybridized carbons (Fsp3) is 0.438. The second-order valence-corrected chi connectivity index (χ2v) is 6.54. The van der Waals surface area contributed by atoms with Crippen LogP contribution >= 0.6 is 0 Å². The molecular formula is C16H25NO5S. The molecule has 1 aromatic rings. The number of carbonyl (C=O) groups is 1. The van der Waals surface area contributed by atoms with Crippen molar-refractivity contribution in [2.75, 3.05) is 6.61 Å². The summed E-state index contributed by atoms with van der Waals surface area (Å²) in [6.07, 6.45) is 2.41. The maximum Gasteiger partial charge on any atom is 0.323 e. The zero-order valence-electron chi connectivity index (χ0n) is 13.7. The van der Waals surface area contributed by atoms with Crippen molar-refractivity contribution in [2.45, 2.75) is 38.1 Å². The van der Waals surface area contributed by atoms with E-state index < -0.39 is 16.2 Å². The molecule has 0 aliphatic carbocycles. The van der Waals surface area contributed by atoms with E-state index in [2.05, 4.69) is 6.58 Å². The molecule has 1 aromatic carbocycles. The van der Waals surface area contributed by atoms with Crippen molar-refractivity contribution in [3.05, 3.63) is 42.5 Å². The van der Waals surface area contributed by atoms with Gasteiger partial charge in [0.05, 0.1) is 4.90 Å². The molecule has 0 aliphatic heterocycles. The molecule has 0 spiro atoms. The van der Waals surface area contributed by atoms with Crippen LogP contribution in [0.15, 0.2) is 41.8 Å². The van der Waals surface area contributed by atoms with Gasteiger partial charge in [-0.1, -0.05) is 50.6 Å². The molecule has 1 rings (SSSR count). The number of rotatable bonds is 6. The normalized spacial score (nSPS) is 13.3. The average molecular weight is 343 g/mol. The molecule has 0 unspecified atom stereocenters.